The highest BCUT2D eigenvalue weighted by Crippen LogP contribution is 2.11. The van der Waals surface area contributed by atoms with Crippen molar-refractivity contribution in [2.75, 3.05) is 33.2 Å². The second-order valence-electron chi connectivity index (χ2n) is 4.96. The standard InChI is InChI=1S/C13H20N4O/c1-16-5-6-17(10-12(9-16)13(14)18)8-11-3-2-4-15-7-11/h2-4,7,12H,5-6,8-10H2,1H3,(H2,14,18)/t12-/m0/s1. The first-order valence-corrected chi connectivity index (χ1v) is 6.24. The summed E-state index contributed by atoms with van der Waals surface area (Å²) in [4.78, 5) is 20.0. The molecule has 2 N–H and O–H groups in total. The van der Waals surface area contributed by atoms with E-state index in [1.807, 2.05) is 19.3 Å². The second kappa shape index (κ2) is 5.93. The molecule has 1 saturated heterocycles. The number of hydrogen-bond acceptors (Lipinski definition) is 4. The summed E-state index contributed by atoms with van der Waals surface area (Å²) in [6.45, 7) is 4.22. The molecule has 0 spiro atoms. The zero-order valence-corrected chi connectivity index (χ0v) is 10.7. The Morgan fingerprint density at radius 2 is 2.33 bits per heavy atom. The first kappa shape index (κ1) is 13.0. The van der Waals surface area contributed by atoms with Crippen LogP contribution >= 0.6 is 0 Å². The zero-order chi connectivity index (χ0) is 13.0. The van der Waals surface area contributed by atoms with E-state index in [1.54, 1.807) is 6.20 Å². The predicted molar refractivity (Wildman–Crippen MR) is 69.7 cm³/mol. The van der Waals surface area contributed by atoms with Gasteiger partial charge in [0.15, 0.2) is 0 Å². The SMILES string of the molecule is CN1CCN(Cc2cccnc2)C[C@@H](C(N)=O)C1. The number of nitrogens with zero attached hydrogens (tertiary/aromatic N) is 3. The summed E-state index contributed by atoms with van der Waals surface area (Å²) in [5, 5.41) is 0. The van der Waals surface area contributed by atoms with Crippen molar-refractivity contribution in [3.63, 3.8) is 0 Å². The summed E-state index contributed by atoms with van der Waals surface area (Å²) in [5.41, 5.74) is 6.62. The first-order chi connectivity index (χ1) is 8.65. The average Bonchev–Trinajstić information content (AvgIpc) is 2.53. The fraction of sp³-hybridized carbons (Fsp3) is 0.538. The minimum atomic E-state index is -0.208. The van der Waals surface area contributed by atoms with E-state index in [9.17, 15) is 4.79 Å². The van der Waals surface area contributed by atoms with E-state index in [0.717, 1.165) is 32.7 Å². The molecule has 0 radical (unpaired) electrons. The minimum Gasteiger partial charge on any atom is -0.369 e. The van der Waals surface area contributed by atoms with Crippen molar-refractivity contribution in [3.05, 3.63) is 30.1 Å². The Morgan fingerprint density at radius 1 is 1.50 bits per heavy atom. The van der Waals surface area contributed by atoms with Crippen LogP contribution in [0, 0.1) is 5.92 Å². The van der Waals surface area contributed by atoms with Crippen molar-refractivity contribution >= 4 is 5.91 Å². The molecule has 1 aromatic rings. The van der Waals surface area contributed by atoms with E-state index < -0.39 is 0 Å². The van der Waals surface area contributed by atoms with Crippen molar-refractivity contribution in [2.24, 2.45) is 11.7 Å². The third kappa shape index (κ3) is 3.51. The molecule has 1 atom stereocenters. The molecular formula is C13H20N4O. The minimum absolute atomic E-state index is 0.0887. The molecule has 5 heteroatoms. The predicted octanol–water partition coefficient (Wildman–Crippen LogP) is -0.0695. The molecule has 5 nitrogen and oxygen atoms in total. The molecule has 0 aliphatic carbocycles. The Balaban J connectivity index is 2.01. The Bertz CT molecular complexity index is 395. The van der Waals surface area contributed by atoms with Gasteiger partial charge in [-0.25, -0.2) is 0 Å². The quantitative estimate of drug-likeness (QED) is 0.813. The zero-order valence-electron chi connectivity index (χ0n) is 10.7. The van der Waals surface area contributed by atoms with E-state index in [1.165, 1.54) is 5.56 Å². The molecule has 0 saturated carbocycles. The summed E-state index contributed by atoms with van der Waals surface area (Å²) in [6, 6.07) is 3.99. The molecule has 2 heterocycles. The molecule has 1 aliphatic rings. The first-order valence-electron chi connectivity index (χ1n) is 6.24. The number of carbonyl (C=O) groups excluding carboxylic acids is 1. The topological polar surface area (TPSA) is 62.5 Å². The maximum Gasteiger partial charge on any atom is 0.223 e. The molecule has 0 bridgehead atoms. The lowest BCUT2D eigenvalue weighted by Crippen LogP contribution is -2.37. The van der Waals surface area contributed by atoms with Crippen LogP contribution in [0.5, 0.6) is 0 Å². The summed E-state index contributed by atoms with van der Waals surface area (Å²) in [7, 11) is 2.03. The molecule has 2 rings (SSSR count). The van der Waals surface area contributed by atoms with Gasteiger partial charge in [0.25, 0.3) is 0 Å². The number of likely N-dealkylation sites (N-methyl/N-ethyl adjacent to an activating group) is 1. The fourth-order valence-electron chi connectivity index (χ4n) is 2.31. The van der Waals surface area contributed by atoms with Crippen LogP contribution in [0.25, 0.3) is 0 Å². The Labute approximate surface area is 108 Å². The largest absolute Gasteiger partial charge is 0.369 e. The average molecular weight is 248 g/mol. The van der Waals surface area contributed by atoms with E-state index in [4.69, 9.17) is 5.73 Å². The van der Waals surface area contributed by atoms with Crippen molar-refractivity contribution in [1.29, 1.82) is 0 Å². The van der Waals surface area contributed by atoms with Crippen LogP contribution in [0.15, 0.2) is 24.5 Å². The number of carbonyl (C=O) groups is 1. The van der Waals surface area contributed by atoms with Crippen LogP contribution in [0.1, 0.15) is 5.56 Å². The maximum atomic E-state index is 11.4. The van der Waals surface area contributed by atoms with Gasteiger partial charge in [0.05, 0.1) is 5.92 Å². The highest BCUT2D eigenvalue weighted by atomic mass is 16.1. The Hall–Kier alpha value is -1.46. The van der Waals surface area contributed by atoms with Crippen molar-refractivity contribution < 1.29 is 4.79 Å². The van der Waals surface area contributed by atoms with Gasteiger partial charge in [-0.05, 0) is 18.7 Å². The van der Waals surface area contributed by atoms with E-state index in [2.05, 4.69) is 20.9 Å². The summed E-state index contributed by atoms with van der Waals surface area (Å²) >= 11 is 0. The van der Waals surface area contributed by atoms with Gasteiger partial charge in [-0.2, -0.15) is 0 Å². The van der Waals surface area contributed by atoms with E-state index >= 15 is 0 Å². The lowest BCUT2D eigenvalue weighted by molar-refractivity contribution is -0.122. The van der Waals surface area contributed by atoms with Gasteiger partial charge >= 0.3 is 0 Å². The van der Waals surface area contributed by atoms with Gasteiger partial charge in [0.2, 0.25) is 5.91 Å². The van der Waals surface area contributed by atoms with Gasteiger partial charge in [0.1, 0.15) is 0 Å². The number of primary amides is 1. The molecular weight excluding hydrogens is 228 g/mol. The third-order valence-electron chi connectivity index (χ3n) is 3.34. The number of aromatic nitrogens is 1. The molecule has 0 unspecified atom stereocenters. The van der Waals surface area contributed by atoms with Crippen LogP contribution in [0.4, 0.5) is 0 Å². The van der Waals surface area contributed by atoms with Gasteiger partial charge in [-0.3, -0.25) is 14.7 Å². The lowest BCUT2D eigenvalue weighted by Gasteiger charge is -2.22. The molecule has 1 aliphatic heterocycles. The third-order valence-corrected chi connectivity index (χ3v) is 3.34. The summed E-state index contributed by atoms with van der Waals surface area (Å²) in [6.07, 6.45) is 3.64. The van der Waals surface area contributed by atoms with Crippen molar-refractivity contribution in [2.45, 2.75) is 6.54 Å². The maximum absolute atomic E-state index is 11.4. The van der Waals surface area contributed by atoms with E-state index in [-0.39, 0.29) is 11.8 Å². The van der Waals surface area contributed by atoms with Crippen LogP contribution < -0.4 is 5.73 Å². The van der Waals surface area contributed by atoms with Gasteiger partial charge in [-0.15, -0.1) is 0 Å². The molecule has 1 fully saturated rings. The summed E-state index contributed by atoms with van der Waals surface area (Å²) < 4.78 is 0. The number of nitrogens with two attached hydrogens (primary N) is 1. The number of amides is 1. The molecule has 0 aromatic carbocycles. The van der Waals surface area contributed by atoms with Crippen LogP contribution in [0.3, 0.4) is 0 Å². The van der Waals surface area contributed by atoms with Gasteiger partial charge in [0, 0.05) is 45.1 Å². The highest BCUT2D eigenvalue weighted by molar-refractivity contribution is 5.77. The molecule has 1 amide bonds. The lowest BCUT2D eigenvalue weighted by atomic mass is 10.1. The molecule has 98 valence electrons. The second-order valence-corrected chi connectivity index (χ2v) is 4.96. The van der Waals surface area contributed by atoms with Gasteiger partial charge < -0.3 is 10.6 Å². The Kier molecular flexibility index (Phi) is 4.28. The Morgan fingerprint density at radius 3 is 3.00 bits per heavy atom. The smallest absolute Gasteiger partial charge is 0.223 e. The van der Waals surface area contributed by atoms with Crippen molar-refractivity contribution in [1.82, 2.24) is 14.8 Å². The van der Waals surface area contributed by atoms with Gasteiger partial charge in [-0.1, -0.05) is 6.07 Å². The van der Waals surface area contributed by atoms with Crippen LogP contribution in [-0.2, 0) is 11.3 Å². The number of rotatable bonds is 3. The summed E-state index contributed by atoms with van der Waals surface area (Å²) in [5.74, 6) is -0.297. The van der Waals surface area contributed by atoms with Crippen LogP contribution in [0.2, 0.25) is 0 Å². The molecule has 18 heavy (non-hydrogen) atoms. The highest BCUT2D eigenvalue weighted by Gasteiger charge is 2.24. The monoisotopic (exact) mass is 248 g/mol. The number of pyridine rings is 1. The van der Waals surface area contributed by atoms with Crippen LogP contribution in [-0.4, -0.2) is 53.9 Å². The fourth-order valence-corrected chi connectivity index (χ4v) is 2.31. The normalized spacial score (nSPS) is 22.6. The van der Waals surface area contributed by atoms with E-state index in [0.29, 0.717) is 0 Å². The number of hydrogen-bond donors (Lipinski definition) is 1. The van der Waals surface area contributed by atoms with Crippen molar-refractivity contribution in [3.8, 4) is 0 Å². The molecule has 1 aromatic heterocycles.